The van der Waals surface area contributed by atoms with Crippen LogP contribution in [0, 0.1) is 0 Å². The molecule has 5 heteroatoms. The third kappa shape index (κ3) is 5.39. The van der Waals surface area contributed by atoms with Gasteiger partial charge in [-0.25, -0.2) is 0 Å². The molecule has 0 aliphatic rings. The molecule has 0 fully saturated rings. The fourth-order valence-corrected chi connectivity index (χ4v) is 2.06. The molecule has 0 saturated heterocycles. The first-order valence-electron chi connectivity index (χ1n) is 7.09. The third-order valence-corrected chi connectivity index (χ3v) is 3.45. The van der Waals surface area contributed by atoms with Gasteiger partial charge in [0.1, 0.15) is 0 Å². The molecule has 0 saturated carbocycles. The van der Waals surface area contributed by atoms with Gasteiger partial charge in [-0.2, -0.15) is 0 Å². The second-order valence-electron chi connectivity index (χ2n) is 4.98. The molecule has 0 bridgehead atoms. The summed E-state index contributed by atoms with van der Waals surface area (Å²) >= 11 is 5.53. The van der Waals surface area contributed by atoms with Crippen LogP contribution in [0.5, 0.6) is 0 Å². The molecule has 0 aromatic heterocycles. The highest BCUT2D eigenvalue weighted by atomic mass is 35.5. The standard InChI is InChI=1S/C17H19ClN2O2/c18-11-16(21)12-19-14-6-8-15(9-7-14)20-17(22)10-13-4-2-1-3-5-13/h1-9,16,19,21H,10-12H2,(H,20,22). The van der Waals surface area contributed by atoms with Gasteiger partial charge in [-0.15, -0.1) is 11.6 Å². The molecule has 116 valence electrons. The number of aliphatic hydroxyl groups excluding tert-OH is 1. The van der Waals surface area contributed by atoms with E-state index in [0.29, 0.717) is 13.0 Å². The van der Waals surface area contributed by atoms with Crippen molar-refractivity contribution in [3.8, 4) is 0 Å². The predicted octanol–water partition coefficient (Wildman–Crippen LogP) is 2.88. The Bertz CT molecular complexity index is 587. The van der Waals surface area contributed by atoms with Crippen LogP contribution in [0.4, 0.5) is 11.4 Å². The van der Waals surface area contributed by atoms with Gasteiger partial charge in [-0.3, -0.25) is 4.79 Å². The molecule has 22 heavy (non-hydrogen) atoms. The zero-order chi connectivity index (χ0) is 15.8. The van der Waals surface area contributed by atoms with Crippen molar-refractivity contribution in [2.45, 2.75) is 12.5 Å². The Morgan fingerprint density at radius 1 is 1.05 bits per heavy atom. The zero-order valence-electron chi connectivity index (χ0n) is 12.1. The lowest BCUT2D eigenvalue weighted by Gasteiger charge is -2.11. The van der Waals surface area contributed by atoms with Gasteiger partial charge in [0.2, 0.25) is 5.91 Å². The summed E-state index contributed by atoms with van der Waals surface area (Å²) in [5, 5.41) is 15.3. The van der Waals surface area contributed by atoms with Crippen molar-refractivity contribution < 1.29 is 9.90 Å². The van der Waals surface area contributed by atoms with E-state index in [1.165, 1.54) is 0 Å². The maximum atomic E-state index is 11.9. The van der Waals surface area contributed by atoms with E-state index >= 15 is 0 Å². The van der Waals surface area contributed by atoms with Crippen LogP contribution < -0.4 is 10.6 Å². The molecular formula is C17H19ClN2O2. The Hall–Kier alpha value is -2.04. The SMILES string of the molecule is O=C(Cc1ccccc1)Nc1ccc(NCC(O)CCl)cc1. The lowest BCUT2D eigenvalue weighted by molar-refractivity contribution is -0.115. The van der Waals surface area contributed by atoms with Crippen molar-refractivity contribution >= 4 is 28.9 Å². The van der Waals surface area contributed by atoms with E-state index < -0.39 is 6.10 Å². The molecule has 2 rings (SSSR count). The van der Waals surface area contributed by atoms with Crippen LogP contribution >= 0.6 is 11.6 Å². The second kappa shape index (κ2) is 8.41. The van der Waals surface area contributed by atoms with Gasteiger partial charge in [0.25, 0.3) is 0 Å². The Morgan fingerprint density at radius 3 is 2.32 bits per heavy atom. The Balaban J connectivity index is 1.84. The number of carbonyl (C=O) groups excluding carboxylic acids is 1. The summed E-state index contributed by atoms with van der Waals surface area (Å²) < 4.78 is 0. The number of hydrogen-bond acceptors (Lipinski definition) is 3. The van der Waals surface area contributed by atoms with E-state index in [0.717, 1.165) is 16.9 Å². The fourth-order valence-electron chi connectivity index (χ4n) is 1.95. The van der Waals surface area contributed by atoms with E-state index in [4.69, 9.17) is 11.6 Å². The van der Waals surface area contributed by atoms with Crippen LogP contribution in [-0.4, -0.2) is 29.5 Å². The number of anilines is 2. The maximum absolute atomic E-state index is 11.9. The van der Waals surface area contributed by atoms with E-state index in [1.807, 2.05) is 54.6 Å². The van der Waals surface area contributed by atoms with Crippen molar-refractivity contribution in [2.24, 2.45) is 0 Å². The van der Waals surface area contributed by atoms with Gasteiger partial charge >= 0.3 is 0 Å². The highest BCUT2D eigenvalue weighted by molar-refractivity contribution is 6.18. The molecule has 0 aliphatic heterocycles. The molecule has 2 aromatic carbocycles. The highest BCUT2D eigenvalue weighted by Gasteiger charge is 2.04. The molecular weight excluding hydrogens is 300 g/mol. The lowest BCUT2D eigenvalue weighted by Crippen LogP contribution is -2.20. The largest absolute Gasteiger partial charge is 0.390 e. The molecule has 1 atom stereocenters. The smallest absolute Gasteiger partial charge is 0.228 e. The first-order chi connectivity index (χ1) is 10.7. The van der Waals surface area contributed by atoms with Gasteiger partial charge in [0, 0.05) is 17.9 Å². The van der Waals surface area contributed by atoms with Gasteiger partial charge in [-0.05, 0) is 29.8 Å². The van der Waals surface area contributed by atoms with Crippen molar-refractivity contribution in [3.63, 3.8) is 0 Å². The molecule has 0 radical (unpaired) electrons. The topological polar surface area (TPSA) is 61.4 Å². The van der Waals surface area contributed by atoms with Crippen molar-refractivity contribution in [1.29, 1.82) is 0 Å². The Morgan fingerprint density at radius 2 is 1.68 bits per heavy atom. The summed E-state index contributed by atoms with van der Waals surface area (Å²) in [5.41, 5.74) is 2.59. The number of rotatable bonds is 7. The number of alkyl halides is 1. The van der Waals surface area contributed by atoms with Gasteiger partial charge in [-0.1, -0.05) is 30.3 Å². The number of aliphatic hydroxyl groups is 1. The number of nitrogens with one attached hydrogen (secondary N) is 2. The summed E-state index contributed by atoms with van der Waals surface area (Å²) in [6.07, 6.45) is -0.227. The normalized spacial score (nSPS) is 11.7. The van der Waals surface area contributed by atoms with Crippen LogP contribution in [0.25, 0.3) is 0 Å². The van der Waals surface area contributed by atoms with Crippen LogP contribution in [0.1, 0.15) is 5.56 Å². The number of benzene rings is 2. The van der Waals surface area contributed by atoms with Crippen molar-refractivity contribution in [2.75, 3.05) is 23.1 Å². The van der Waals surface area contributed by atoms with Gasteiger partial charge < -0.3 is 15.7 Å². The molecule has 2 aromatic rings. The second-order valence-corrected chi connectivity index (χ2v) is 5.29. The van der Waals surface area contributed by atoms with Crippen LogP contribution in [0.3, 0.4) is 0 Å². The molecule has 0 spiro atoms. The number of amides is 1. The summed E-state index contributed by atoms with van der Waals surface area (Å²) in [6, 6.07) is 16.9. The minimum atomic E-state index is -0.577. The molecule has 0 aliphatic carbocycles. The highest BCUT2D eigenvalue weighted by Crippen LogP contribution is 2.14. The quantitative estimate of drug-likeness (QED) is 0.688. The van der Waals surface area contributed by atoms with Crippen LogP contribution in [0.2, 0.25) is 0 Å². The summed E-state index contributed by atoms with van der Waals surface area (Å²) in [6.45, 7) is 0.392. The molecule has 3 N–H and O–H groups in total. The summed E-state index contributed by atoms with van der Waals surface area (Å²) in [4.78, 5) is 11.9. The average Bonchev–Trinajstić information content (AvgIpc) is 2.54. The minimum absolute atomic E-state index is 0.0514. The van der Waals surface area contributed by atoms with E-state index in [-0.39, 0.29) is 11.8 Å². The average molecular weight is 319 g/mol. The first-order valence-corrected chi connectivity index (χ1v) is 7.62. The van der Waals surface area contributed by atoms with Gasteiger partial charge in [0.15, 0.2) is 0 Å². The molecule has 4 nitrogen and oxygen atoms in total. The number of hydrogen-bond donors (Lipinski definition) is 3. The zero-order valence-corrected chi connectivity index (χ0v) is 12.9. The monoisotopic (exact) mass is 318 g/mol. The van der Waals surface area contributed by atoms with E-state index in [2.05, 4.69) is 10.6 Å². The third-order valence-electron chi connectivity index (χ3n) is 3.10. The lowest BCUT2D eigenvalue weighted by atomic mass is 10.1. The fraction of sp³-hybridized carbons (Fsp3) is 0.235. The number of halogens is 1. The summed E-state index contributed by atoms with van der Waals surface area (Å²) in [5.74, 6) is 0.144. The Kier molecular flexibility index (Phi) is 6.25. The van der Waals surface area contributed by atoms with Crippen LogP contribution in [0.15, 0.2) is 54.6 Å². The van der Waals surface area contributed by atoms with Crippen LogP contribution in [-0.2, 0) is 11.2 Å². The molecule has 1 amide bonds. The van der Waals surface area contributed by atoms with Crippen molar-refractivity contribution in [1.82, 2.24) is 0 Å². The molecule has 0 heterocycles. The first kappa shape index (κ1) is 16.3. The maximum Gasteiger partial charge on any atom is 0.228 e. The van der Waals surface area contributed by atoms with Gasteiger partial charge in [0.05, 0.1) is 18.4 Å². The minimum Gasteiger partial charge on any atom is -0.390 e. The predicted molar refractivity (Wildman–Crippen MR) is 90.4 cm³/mol. The van der Waals surface area contributed by atoms with E-state index in [1.54, 1.807) is 0 Å². The van der Waals surface area contributed by atoms with E-state index in [9.17, 15) is 9.90 Å². The molecule has 1 unspecified atom stereocenters. The summed E-state index contributed by atoms with van der Waals surface area (Å²) in [7, 11) is 0. The number of carbonyl (C=O) groups is 1. The van der Waals surface area contributed by atoms with Crippen molar-refractivity contribution in [3.05, 3.63) is 60.2 Å². The Labute approximate surface area is 135 Å².